The molecule has 0 amide bonds. The summed E-state index contributed by atoms with van der Waals surface area (Å²) in [5, 5.41) is 0. The van der Waals surface area contributed by atoms with Gasteiger partial charge in [0.05, 0.1) is 0 Å². The Morgan fingerprint density at radius 3 is 1.38 bits per heavy atom. The van der Waals surface area contributed by atoms with Crippen LogP contribution in [0.3, 0.4) is 0 Å². The highest BCUT2D eigenvalue weighted by Crippen LogP contribution is 2.40. The molecular weight excluding hydrogens is 459 g/mol. The van der Waals surface area contributed by atoms with Crippen molar-refractivity contribution in [3.63, 3.8) is 0 Å². The quantitative estimate of drug-likeness (QED) is 0.386. The lowest BCUT2D eigenvalue weighted by atomic mass is 10.0. The lowest BCUT2D eigenvalue weighted by Crippen LogP contribution is -2.16. The molecule has 26 heavy (non-hydrogen) atoms. The molecule has 0 aliphatic heterocycles. The van der Waals surface area contributed by atoms with E-state index >= 15 is 0 Å². The Balaban J connectivity index is 2.06. The minimum Gasteiger partial charge on any atom is -0.209 e. The number of rotatable bonds is 2. The molecule has 0 spiro atoms. The summed E-state index contributed by atoms with van der Waals surface area (Å²) in [5.41, 5.74) is 2.78. The molecule has 0 radical (unpaired) electrons. The number of aromatic nitrogens is 3. The van der Waals surface area contributed by atoms with Gasteiger partial charge < -0.3 is 0 Å². The van der Waals surface area contributed by atoms with E-state index in [1.165, 1.54) is 0 Å². The second kappa shape index (κ2) is 7.67. The molecule has 9 heteroatoms. The third kappa shape index (κ3) is 4.72. The number of halogens is 6. The normalized spacial score (nSPS) is 12.2. The molecular formula is C17H9Cl6N3. The molecule has 0 atom stereocenters. The summed E-state index contributed by atoms with van der Waals surface area (Å²) < 4.78 is -3.77. The van der Waals surface area contributed by atoms with Gasteiger partial charge in [-0.2, -0.15) is 0 Å². The van der Waals surface area contributed by atoms with Crippen LogP contribution in [0.4, 0.5) is 0 Å². The van der Waals surface area contributed by atoms with E-state index in [0.29, 0.717) is 5.56 Å². The van der Waals surface area contributed by atoms with E-state index < -0.39 is 7.59 Å². The molecule has 0 aliphatic rings. The smallest absolute Gasteiger partial charge is 0.209 e. The Labute approximate surface area is 180 Å². The van der Waals surface area contributed by atoms with Crippen LogP contribution < -0.4 is 0 Å². The number of alkyl halides is 6. The zero-order valence-corrected chi connectivity index (χ0v) is 17.3. The second-order valence-electron chi connectivity index (χ2n) is 5.25. The molecule has 3 rings (SSSR count). The maximum absolute atomic E-state index is 5.89. The number of hydrogen-bond acceptors (Lipinski definition) is 3. The van der Waals surface area contributed by atoms with Crippen LogP contribution in [0.2, 0.25) is 0 Å². The van der Waals surface area contributed by atoms with Crippen molar-refractivity contribution in [3.05, 3.63) is 66.2 Å². The molecule has 3 nitrogen and oxygen atoms in total. The van der Waals surface area contributed by atoms with Crippen molar-refractivity contribution in [3.8, 4) is 22.5 Å². The number of hydrogen-bond donors (Lipinski definition) is 0. The monoisotopic (exact) mass is 465 g/mol. The molecule has 0 saturated carbocycles. The van der Waals surface area contributed by atoms with Gasteiger partial charge >= 0.3 is 0 Å². The largest absolute Gasteiger partial charge is 0.250 e. The van der Waals surface area contributed by atoms with Gasteiger partial charge in [-0.15, -0.1) is 0 Å². The summed E-state index contributed by atoms with van der Waals surface area (Å²) >= 11 is 35.4. The Morgan fingerprint density at radius 1 is 0.500 bits per heavy atom. The van der Waals surface area contributed by atoms with Gasteiger partial charge in [0.25, 0.3) is 0 Å². The highest BCUT2D eigenvalue weighted by molar-refractivity contribution is 6.67. The van der Waals surface area contributed by atoms with Crippen molar-refractivity contribution in [2.24, 2.45) is 0 Å². The van der Waals surface area contributed by atoms with Crippen molar-refractivity contribution >= 4 is 69.6 Å². The minimum atomic E-state index is -1.88. The van der Waals surface area contributed by atoms with Gasteiger partial charge in [0.15, 0.2) is 17.5 Å². The van der Waals surface area contributed by atoms with Gasteiger partial charge in [-0.05, 0) is 11.1 Å². The lowest BCUT2D eigenvalue weighted by molar-refractivity contribution is 0.851. The Hall–Kier alpha value is -0.810. The van der Waals surface area contributed by atoms with Gasteiger partial charge in [-0.25, -0.2) is 15.0 Å². The van der Waals surface area contributed by atoms with Crippen molar-refractivity contribution in [2.45, 2.75) is 7.59 Å². The molecule has 134 valence electrons. The second-order valence-corrected chi connectivity index (χ2v) is 9.81. The molecule has 1 aromatic heterocycles. The summed E-state index contributed by atoms with van der Waals surface area (Å²) in [6, 6.07) is 17.4. The van der Waals surface area contributed by atoms with Crippen molar-refractivity contribution in [1.82, 2.24) is 15.0 Å². The third-order valence-electron chi connectivity index (χ3n) is 3.39. The zero-order valence-electron chi connectivity index (χ0n) is 12.8. The summed E-state index contributed by atoms with van der Waals surface area (Å²) in [5.74, 6) is -0.0100. The Morgan fingerprint density at radius 2 is 0.923 bits per heavy atom. The van der Waals surface area contributed by atoms with Crippen LogP contribution >= 0.6 is 69.6 Å². The van der Waals surface area contributed by atoms with E-state index in [1.807, 2.05) is 54.6 Å². The lowest BCUT2D eigenvalue weighted by Gasteiger charge is -2.15. The highest BCUT2D eigenvalue weighted by atomic mass is 35.6. The van der Waals surface area contributed by atoms with Crippen LogP contribution in [0.25, 0.3) is 22.5 Å². The first kappa shape index (κ1) is 19.9. The average Bonchev–Trinajstić information content (AvgIpc) is 2.61. The molecule has 0 bridgehead atoms. The van der Waals surface area contributed by atoms with E-state index in [1.54, 1.807) is 0 Å². The van der Waals surface area contributed by atoms with Crippen LogP contribution in [-0.4, -0.2) is 15.0 Å². The average molecular weight is 468 g/mol. The Bertz CT molecular complexity index is 870. The first-order valence-electron chi connectivity index (χ1n) is 7.21. The van der Waals surface area contributed by atoms with Crippen LogP contribution in [0.15, 0.2) is 54.6 Å². The van der Waals surface area contributed by atoms with Gasteiger partial charge in [-0.3, -0.25) is 0 Å². The maximum atomic E-state index is 5.89. The van der Waals surface area contributed by atoms with Gasteiger partial charge in [0.2, 0.25) is 7.59 Å². The SMILES string of the molecule is ClC(Cl)(Cl)c1nc(-c2ccc(-c3ccccc3)cc2)nc(C(Cl)(Cl)Cl)n1. The van der Waals surface area contributed by atoms with Gasteiger partial charge in [0, 0.05) is 5.56 Å². The molecule has 3 aromatic rings. The van der Waals surface area contributed by atoms with Gasteiger partial charge in [-0.1, -0.05) is 124 Å². The van der Waals surface area contributed by atoms with Gasteiger partial charge in [0.1, 0.15) is 0 Å². The topological polar surface area (TPSA) is 38.7 Å². The van der Waals surface area contributed by atoms with Crippen molar-refractivity contribution < 1.29 is 0 Å². The fourth-order valence-electron chi connectivity index (χ4n) is 2.20. The molecule has 1 heterocycles. The summed E-state index contributed by atoms with van der Waals surface area (Å²) in [6.45, 7) is 0. The fourth-order valence-corrected chi connectivity index (χ4v) is 2.71. The summed E-state index contributed by atoms with van der Waals surface area (Å²) in [6.07, 6.45) is 0. The first-order valence-corrected chi connectivity index (χ1v) is 9.48. The predicted molar refractivity (Wildman–Crippen MR) is 109 cm³/mol. The van der Waals surface area contributed by atoms with Crippen LogP contribution in [-0.2, 0) is 7.59 Å². The predicted octanol–water partition coefficient (Wildman–Crippen LogP) is 6.86. The molecule has 0 unspecified atom stereocenters. The Kier molecular flexibility index (Phi) is 5.88. The van der Waals surface area contributed by atoms with E-state index in [0.717, 1.165) is 11.1 Å². The molecule has 0 fully saturated rings. The number of benzene rings is 2. The summed E-state index contributed by atoms with van der Waals surface area (Å²) in [4.78, 5) is 12.3. The van der Waals surface area contributed by atoms with Crippen LogP contribution in [0.1, 0.15) is 11.6 Å². The number of nitrogens with zero attached hydrogens (tertiary/aromatic N) is 3. The van der Waals surface area contributed by atoms with E-state index in [-0.39, 0.29) is 17.5 Å². The summed E-state index contributed by atoms with van der Waals surface area (Å²) in [7, 11) is 0. The highest BCUT2D eigenvalue weighted by Gasteiger charge is 2.33. The van der Waals surface area contributed by atoms with E-state index in [9.17, 15) is 0 Å². The minimum absolute atomic E-state index is 0.124. The third-order valence-corrected chi connectivity index (χ3v) is 4.41. The molecule has 2 aromatic carbocycles. The van der Waals surface area contributed by atoms with E-state index in [4.69, 9.17) is 69.6 Å². The zero-order chi connectivity index (χ0) is 18.9. The van der Waals surface area contributed by atoms with Crippen LogP contribution in [0.5, 0.6) is 0 Å². The molecule has 0 saturated heterocycles. The van der Waals surface area contributed by atoms with Crippen LogP contribution in [0, 0.1) is 0 Å². The molecule has 0 aliphatic carbocycles. The molecule has 0 N–H and O–H groups in total. The van der Waals surface area contributed by atoms with Crippen molar-refractivity contribution in [2.75, 3.05) is 0 Å². The maximum Gasteiger partial charge on any atom is 0.250 e. The standard InChI is InChI=1S/C17H9Cl6N3/c18-16(19,20)14-24-13(25-15(26-14)17(21,22)23)12-8-6-11(7-9-12)10-4-2-1-3-5-10/h1-9H. The van der Waals surface area contributed by atoms with Crippen molar-refractivity contribution in [1.29, 1.82) is 0 Å². The first-order chi connectivity index (χ1) is 12.1. The fraction of sp³-hybridized carbons (Fsp3) is 0.118. The van der Waals surface area contributed by atoms with E-state index in [2.05, 4.69) is 15.0 Å².